The van der Waals surface area contributed by atoms with E-state index in [9.17, 15) is 9.59 Å². The normalized spacial score (nSPS) is 21.8. The molecule has 0 atom stereocenters. The van der Waals surface area contributed by atoms with Crippen molar-refractivity contribution in [2.24, 2.45) is 5.41 Å². The number of carbonyl (C=O) groups excluding carboxylic acids is 1. The van der Waals surface area contributed by atoms with E-state index in [4.69, 9.17) is 19.3 Å². The Morgan fingerprint density at radius 3 is 2.24 bits per heavy atom. The number of aliphatic carboxylic acids is 1. The van der Waals surface area contributed by atoms with Crippen LogP contribution in [0.1, 0.15) is 27.2 Å². The lowest BCUT2D eigenvalue weighted by Gasteiger charge is -2.41. The van der Waals surface area contributed by atoms with Gasteiger partial charge in [0.2, 0.25) is 0 Å². The fraction of sp³-hybridized carbons (Fsp3) is 0.818. The standard InChI is InChI=1S/C11H18O6/c1-4-11(9(14)15-5-8(12)13)6-16-10(2,3)17-7-11/h4-7H2,1-3H3,(H,12,13). The molecule has 0 radical (unpaired) electrons. The van der Waals surface area contributed by atoms with Gasteiger partial charge in [-0.2, -0.15) is 0 Å². The van der Waals surface area contributed by atoms with Gasteiger partial charge in [0.25, 0.3) is 0 Å². The van der Waals surface area contributed by atoms with Gasteiger partial charge in [0.15, 0.2) is 12.4 Å². The number of carboxylic acids is 1. The molecule has 1 saturated heterocycles. The smallest absolute Gasteiger partial charge is 0.341 e. The van der Waals surface area contributed by atoms with Crippen LogP contribution in [0.2, 0.25) is 0 Å². The summed E-state index contributed by atoms with van der Waals surface area (Å²) in [6.45, 7) is 5.05. The molecule has 0 aromatic heterocycles. The van der Waals surface area contributed by atoms with Crippen molar-refractivity contribution in [3.63, 3.8) is 0 Å². The first-order valence-corrected chi connectivity index (χ1v) is 5.48. The molecule has 0 spiro atoms. The highest BCUT2D eigenvalue weighted by Crippen LogP contribution is 2.33. The molecule has 1 rings (SSSR count). The zero-order valence-corrected chi connectivity index (χ0v) is 10.3. The molecule has 1 fully saturated rings. The van der Waals surface area contributed by atoms with Gasteiger partial charge in [-0.05, 0) is 20.3 Å². The maximum atomic E-state index is 11.8. The summed E-state index contributed by atoms with van der Waals surface area (Å²) in [6, 6.07) is 0. The first-order valence-electron chi connectivity index (χ1n) is 5.48. The fourth-order valence-electron chi connectivity index (χ4n) is 1.45. The summed E-state index contributed by atoms with van der Waals surface area (Å²) < 4.78 is 15.6. The molecule has 1 heterocycles. The second kappa shape index (κ2) is 5.01. The number of hydrogen-bond acceptors (Lipinski definition) is 5. The van der Waals surface area contributed by atoms with Crippen molar-refractivity contribution in [1.82, 2.24) is 0 Å². The lowest BCUT2D eigenvalue weighted by molar-refractivity contribution is -0.284. The van der Waals surface area contributed by atoms with E-state index in [0.29, 0.717) is 6.42 Å². The molecule has 1 N–H and O–H groups in total. The van der Waals surface area contributed by atoms with E-state index in [0.717, 1.165) is 0 Å². The SMILES string of the molecule is CCC1(C(=O)OCC(=O)O)COC(C)(C)OC1. The summed E-state index contributed by atoms with van der Waals surface area (Å²) >= 11 is 0. The molecule has 0 aromatic carbocycles. The maximum Gasteiger partial charge on any atom is 0.341 e. The van der Waals surface area contributed by atoms with Crippen LogP contribution in [0.15, 0.2) is 0 Å². The third-order valence-corrected chi connectivity index (χ3v) is 2.83. The molecule has 0 unspecified atom stereocenters. The van der Waals surface area contributed by atoms with E-state index < -0.39 is 29.7 Å². The Morgan fingerprint density at radius 1 is 1.29 bits per heavy atom. The highest BCUT2D eigenvalue weighted by molar-refractivity contribution is 5.80. The second-order valence-electron chi connectivity index (χ2n) is 4.58. The number of rotatable bonds is 4. The first kappa shape index (κ1) is 13.9. The van der Waals surface area contributed by atoms with Gasteiger partial charge >= 0.3 is 11.9 Å². The third kappa shape index (κ3) is 3.41. The van der Waals surface area contributed by atoms with Crippen LogP contribution >= 0.6 is 0 Å². The summed E-state index contributed by atoms with van der Waals surface area (Å²) in [5.74, 6) is -2.48. The topological polar surface area (TPSA) is 82.1 Å². The lowest BCUT2D eigenvalue weighted by atomic mass is 9.86. The predicted molar refractivity (Wildman–Crippen MR) is 57.3 cm³/mol. The highest BCUT2D eigenvalue weighted by Gasteiger charge is 2.45. The molecular weight excluding hydrogens is 228 g/mol. The molecule has 0 aromatic rings. The highest BCUT2D eigenvalue weighted by atomic mass is 16.7. The van der Waals surface area contributed by atoms with Crippen LogP contribution < -0.4 is 0 Å². The summed E-state index contributed by atoms with van der Waals surface area (Å²) in [6.07, 6.45) is 0.474. The molecule has 0 amide bonds. The van der Waals surface area contributed by atoms with Crippen molar-refractivity contribution in [1.29, 1.82) is 0 Å². The van der Waals surface area contributed by atoms with Crippen LogP contribution in [-0.4, -0.2) is 42.7 Å². The predicted octanol–water partition coefficient (Wildman–Crippen LogP) is 0.794. The summed E-state index contributed by atoms with van der Waals surface area (Å²) in [7, 11) is 0. The monoisotopic (exact) mass is 246 g/mol. The molecule has 17 heavy (non-hydrogen) atoms. The van der Waals surface area contributed by atoms with Gasteiger partial charge in [0, 0.05) is 0 Å². The Kier molecular flexibility index (Phi) is 4.11. The summed E-state index contributed by atoms with van der Waals surface area (Å²) in [5, 5.41) is 8.46. The molecule has 98 valence electrons. The molecule has 6 heteroatoms. The zero-order chi connectivity index (χ0) is 13.1. The number of ether oxygens (including phenoxy) is 3. The van der Waals surface area contributed by atoms with Gasteiger partial charge in [-0.25, -0.2) is 4.79 Å². The molecule has 1 aliphatic heterocycles. The van der Waals surface area contributed by atoms with E-state index in [2.05, 4.69) is 0 Å². The van der Waals surface area contributed by atoms with Crippen LogP contribution in [-0.2, 0) is 23.8 Å². The van der Waals surface area contributed by atoms with Gasteiger partial charge in [0.1, 0.15) is 5.41 Å². The van der Waals surface area contributed by atoms with Gasteiger partial charge in [-0.3, -0.25) is 4.79 Å². The van der Waals surface area contributed by atoms with Crippen LogP contribution in [0.4, 0.5) is 0 Å². The Labute approximate surface area is 99.8 Å². The first-order chi connectivity index (χ1) is 7.81. The van der Waals surface area contributed by atoms with Gasteiger partial charge in [-0.15, -0.1) is 0 Å². The Morgan fingerprint density at radius 2 is 1.82 bits per heavy atom. The average molecular weight is 246 g/mol. The van der Waals surface area contributed by atoms with E-state index in [1.54, 1.807) is 13.8 Å². The Hall–Kier alpha value is -1.14. The number of carbonyl (C=O) groups is 2. The third-order valence-electron chi connectivity index (χ3n) is 2.83. The maximum absolute atomic E-state index is 11.8. The minimum absolute atomic E-state index is 0.176. The largest absolute Gasteiger partial charge is 0.479 e. The fourth-order valence-corrected chi connectivity index (χ4v) is 1.45. The minimum Gasteiger partial charge on any atom is -0.479 e. The number of hydrogen-bond donors (Lipinski definition) is 1. The molecular formula is C11H18O6. The van der Waals surface area contributed by atoms with Crippen molar-refractivity contribution in [2.45, 2.75) is 33.0 Å². The number of esters is 1. The van der Waals surface area contributed by atoms with Crippen molar-refractivity contribution in [3.05, 3.63) is 0 Å². The van der Waals surface area contributed by atoms with Crippen molar-refractivity contribution >= 4 is 11.9 Å². The van der Waals surface area contributed by atoms with Gasteiger partial charge in [-0.1, -0.05) is 6.92 Å². The molecule has 0 bridgehead atoms. The Balaban J connectivity index is 2.64. The zero-order valence-electron chi connectivity index (χ0n) is 10.3. The van der Waals surface area contributed by atoms with E-state index in [1.807, 2.05) is 6.92 Å². The molecule has 1 aliphatic rings. The van der Waals surface area contributed by atoms with Crippen LogP contribution in [0.25, 0.3) is 0 Å². The van der Waals surface area contributed by atoms with Gasteiger partial charge in [0.05, 0.1) is 13.2 Å². The van der Waals surface area contributed by atoms with Crippen molar-refractivity contribution in [3.8, 4) is 0 Å². The van der Waals surface area contributed by atoms with E-state index in [-0.39, 0.29) is 13.2 Å². The quantitative estimate of drug-likeness (QED) is 0.738. The molecule has 0 aliphatic carbocycles. The van der Waals surface area contributed by atoms with Crippen molar-refractivity contribution in [2.75, 3.05) is 19.8 Å². The summed E-state index contributed by atoms with van der Waals surface area (Å²) in [4.78, 5) is 22.2. The second-order valence-corrected chi connectivity index (χ2v) is 4.58. The van der Waals surface area contributed by atoms with Crippen molar-refractivity contribution < 1.29 is 28.9 Å². The van der Waals surface area contributed by atoms with Crippen LogP contribution in [0.5, 0.6) is 0 Å². The molecule has 6 nitrogen and oxygen atoms in total. The summed E-state index contributed by atoms with van der Waals surface area (Å²) in [5.41, 5.74) is -0.898. The van der Waals surface area contributed by atoms with Gasteiger partial charge < -0.3 is 19.3 Å². The molecule has 0 saturated carbocycles. The Bertz CT molecular complexity index is 299. The minimum atomic E-state index is -1.18. The van der Waals surface area contributed by atoms with E-state index >= 15 is 0 Å². The average Bonchev–Trinajstić information content (AvgIpc) is 2.26. The van der Waals surface area contributed by atoms with Crippen LogP contribution in [0.3, 0.4) is 0 Å². The van der Waals surface area contributed by atoms with Crippen LogP contribution in [0, 0.1) is 5.41 Å². The number of carboxylic acid groups (broad SMARTS) is 1. The van der Waals surface area contributed by atoms with E-state index in [1.165, 1.54) is 0 Å². The lowest BCUT2D eigenvalue weighted by Crippen LogP contribution is -2.51.